The van der Waals surface area contributed by atoms with Gasteiger partial charge in [-0.15, -0.1) is 0 Å². The van der Waals surface area contributed by atoms with E-state index in [0.29, 0.717) is 31.0 Å². The van der Waals surface area contributed by atoms with Crippen LogP contribution in [0.1, 0.15) is 73.0 Å². The molecule has 3 aliphatic rings. The van der Waals surface area contributed by atoms with Crippen LogP contribution >= 0.6 is 0 Å². The molecule has 4 heteroatoms. The van der Waals surface area contributed by atoms with Crippen molar-refractivity contribution >= 4 is 11.6 Å². The molecule has 2 bridgehead atoms. The number of amides is 1. The predicted molar refractivity (Wildman–Crippen MR) is 124 cm³/mol. The van der Waals surface area contributed by atoms with Gasteiger partial charge in [-0.25, -0.2) is 0 Å². The minimum absolute atomic E-state index is 0.0252. The summed E-state index contributed by atoms with van der Waals surface area (Å²) in [5, 5.41) is 6.93. The number of rotatable bonds is 7. The standard InChI is InChI=1S/C27H34N2O2/c1-17(2)31-14-6-13-28-27(30)21-11-12-23-22(16-21)24-19-9-10-20(15-19)25(24)26(29-23)18-7-4-3-5-8-18/h3-5,7-8,11-12,16-17,19-20,24-26,29H,6,9-10,13-15H2,1-2H3,(H,28,30)/t19-,20-,24+,25+,26+/m1/s1. The average molecular weight is 419 g/mol. The van der Waals surface area contributed by atoms with Gasteiger partial charge in [0.05, 0.1) is 12.1 Å². The van der Waals surface area contributed by atoms with Crippen molar-refractivity contribution in [2.45, 2.75) is 57.6 Å². The van der Waals surface area contributed by atoms with E-state index in [1.165, 1.54) is 36.1 Å². The molecule has 1 aliphatic heterocycles. The topological polar surface area (TPSA) is 50.4 Å². The summed E-state index contributed by atoms with van der Waals surface area (Å²) in [5.41, 5.74) is 4.75. The van der Waals surface area contributed by atoms with Crippen molar-refractivity contribution in [1.82, 2.24) is 5.32 Å². The van der Waals surface area contributed by atoms with E-state index in [0.717, 1.165) is 23.8 Å². The quantitative estimate of drug-likeness (QED) is 0.582. The van der Waals surface area contributed by atoms with Gasteiger partial charge >= 0.3 is 0 Å². The minimum atomic E-state index is 0.0252. The molecule has 31 heavy (non-hydrogen) atoms. The van der Waals surface area contributed by atoms with Crippen LogP contribution in [0.3, 0.4) is 0 Å². The van der Waals surface area contributed by atoms with E-state index in [-0.39, 0.29) is 12.0 Å². The van der Waals surface area contributed by atoms with Crippen molar-refractivity contribution in [1.29, 1.82) is 0 Å². The van der Waals surface area contributed by atoms with Crippen LogP contribution in [0.4, 0.5) is 5.69 Å². The second kappa shape index (κ2) is 8.66. The fourth-order valence-corrected chi connectivity index (χ4v) is 6.31. The van der Waals surface area contributed by atoms with Gasteiger partial charge in [0.15, 0.2) is 0 Å². The van der Waals surface area contributed by atoms with Gasteiger partial charge < -0.3 is 15.4 Å². The fourth-order valence-electron chi connectivity index (χ4n) is 6.31. The lowest BCUT2D eigenvalue weighted by molar-refractivity contribution is 0.0757. The van der Waals surface area contributed by atoms with Gasteiger partial charge in [0.1, 0.15) is 0 Å². The number of anilines is 1. The molecule has 2 saturated carbocycles. The van der Waals surface area contributed by atoms with Gasteiger partial charge in [-0.2, -0.15) is 0 Å². The van der Waals surface area contributed by atoms with Crippen LogP contribution in [0.15, 0.2) is 48.5 Å². The maximum Gasteiger partial charge on any atom is 0.251 e. The molecular weight excluding hydrogens is 384 g/mol. The molecule has 0 radical (unpaired) electrons. The molecular formula is C27H34N2O2. The normalized spacial score (nSPS) is 28.2. The Morgan fingerprint density at radius 3 is 2.74 bits per heavy atom. The molecule has 0 aromatic heterocycles. The van der Waals surface area contributed by atoms with Crippen molar-refractivity contribution in [2.24, 2.45) is 17.8 Å². The Kier molecular flexibility index (Phi) is 5.75. The molecule has 2 N–H and O–H groups in total. The highest BCUT2D eigenvalue weighted by Gasteiger charge is 2.53. The van der Waals surface area contributed by atoms with Gasteiger partial charge in [0.2, 0.25) is 0 Å². The molecule has 2 fully saturated rings. The largest absolute Gasteiger partial charge is 0.379 e. The summed E-state index contributed by atoms with van der Waals surface area (Å²) in [6, 6.07) is 17.6. The van der Waals surface area contributed by atoms with Crippen LogP contribution in [-0.4, -0.2) is 25.2 Å². The average Bonchev–Trinajstić information content (AvgIpc) is 3.41. The van der Waals surface area contributed by atoms with E-state index in [1.54, 1.807) is 0 Å². The Morgan fingerprint density at radius 2 is 1.94 bits per heavy atom. The van der Waals surface area contributed by atoms with E-state index in [9.17, 15) is 4.79 Å². The molecule has 164 valence electrons. The van der Waals surface area contributed by atoms with Crippen LogP contribution in [-0.2, 0) is 4.74 Å². The van der Waals surface area contributed by atoms with Crippen LogP contribution < -0.4 is 10.6 Å². The molecule has 0 saturated heterocycles. The lowest BCUT2D eigenvalue weighted by Crippen LogP contribution is -2.35. The maximum absolute atomic E-state index is 12.8. The van der Waals surface area contributed by atoms with Crippen LogP contribution in [0.5, 0.6) is 0 Å². The van der Waals surface area contributed by atoms with E-state index in [2.05, 4.69) is 53.1 Å². The fraction of sp³-hybridized carbons (Fsp3) is 0.519. The Labute approximate surface area is 185 Å². The molecule has 1 amide bonds. The van der Waals surface area contributed by atoms with E-state index >= 15 is 0 Å². The molecule has 1 heterocycles. The molecule has 5 atom stereocenters. The van der Waals surface area contributed by atoms with E-state index < -0.39 is 0 Å². The smallest absolute Gasteiger partial charge is 0.251 e. The predicted octanol–water partition coefficient (Wildman–Crippen LogP) is 5.53. The van der Waals surface area contributed by atoms with Crippen LogP contribution in [0.25, 0.3) is 0 Å². The Hall–Kier alpha value is -2.33. The number of carbonyl (C=O) groups excluding carboxylic acids is 1. The lowest BCUT2D eigenvalue weighted by Gasteiger charge is -2.43. The Bertz CT molecular complexity index is 926. The number of hydrogen-bond acceptors (Lipinski definition) is 3. The number of hydrogen-bond donors (Lipinski definition) is 2. The van der Waals surface area contributed by atoms with Crippen molar-refractivity contribution in [3.8, 4) is 0 Å². The van der Waals surface area contributed by atoms with Gasteiger partial charge in [0, 0.05) is 24.4 Å². The zero-order valence-electron chi connectivity index (χ0n) is 18.6. The summed E-state index contributed by atoms with van der Waals surface area (Å²) in [6.07, 6.45) is 5.10. The molecule has 4 nitrogen and oxygen atoms in total. The molecule has 2 aromatic carbocycles. The molecule has 0 spiro atoms. The number of benzene rings is 2. The van der Waals surface area contributed by atoms with Crippen LogP contribution in [0, 0.1) is 17.8 Å². The molecule has 2 aliphatic carbocycles. The van der Waals surface area contributed by atoms with Crippen molar-refractivity contribution in [3.05, 3.63) is 65.2 Å². The van der Waals surface area contributed by atoms with E-state index in [4.69, 9.17) is 4.74 Å². The highest BCUT2D eigenvalue weighted by molar-refractivity contribution is 5.95. The molecule has 5 rings (SSSR count). The maximum atomic E-state index is 12.8. The number of nitrogens with one attached hydrogen (secondary N) is 2. The summed E-state index contributed by atoms with van der Waals surface area (Å²) in [7, 11) is 0. The number of fused-ring (bicyclic) bond motifs is 7. The molecule has 2 aromatic rings. The summed E-state index contributed by atoms with van der Waals surface area (Å²) in [5.74, 6) is 2.76. The third-order valence-electron chi connectivity index (χ3n) is 7.57. The SMILES string of the molecule is CC(C)OCCCNC(=O)c1ccc2c(c1)[C@@H]1[C@@H]3CC[C@H](C3)[C@@H]1[C@H](c1ccccc1)N2. The zero-order chi connectivity index (χ0) is 21.4. The highest BCUT2D eigenvalue weighted by atomic mass is 16.5. The van der Waals surface area contributed by atoms with E-state index in [1.807, 2.05) is 19.9 Å². The number of carbonyl (C=O) groups is 1. The summed E-state index contributed by atoms with van der Waals surface area (Å²) >= 11 is 0. The monoisotopic (exact) mass is 418 g/mol. The number of ether oxygens (including phenoxy) is 1. The first-order valence-electron chi connectivity index (χ1n) is 12.0. The Morgan fingerprint density at radius 1 is 1.13 bits per heavy atom. The van der Waals surface area contributed by atoms with Gasteiger partial charge in [-0.3, -0.25) is 4.79 Å². The zero-order valence-corrected chi connectivity index (χ0v) is 18.6. The third-order valence-corrected chi connectivity index (χ3v) is 7.57. The van der Waals surface area contributed by atoms with Crippen molar-refractivity contribution in [3.63, 3.8) is 0 Å². The first kappa shape index (κ1) is 20.6. The minimum Gasteiger partial charge on any atom is -0.379 e. The van der Waals surface area contributed by atoms with Gasteiger partial charge in [0.25, 0.3) is 5.91 Å². The van der Waals surface area contributed by atoms with Gasteiger partial charge in [-0.05, 0) is 92.5 Å². The Balaban J connectivity index is 1.35. The molecule has 0 unspecified atom stereocenters. The summed E-state index contributed by atoms with van der Waals surface area (Å²) in [6.45, 7) is 5.39. The van der Waals surface area contributed by atoms with Gasteiger partial charge in [-0.1, -0.05) is 30.3 Å². The van der Waals surface area contributed by atoms with Crippen molar-refractivity contribution < 1.29 is 9.53 Å². The van der Waals surface area contributed by atoms with Crippen LogP contribution in [0.2, 0.25) is 0 Å². The second-order valence-corrected chi connectivity index (χ2v) is 9.80. The third kappa shape index (κ3) is 3.98. The second-order valence-electron chi connectivity index (χ2n) is 9.80. The first-order valence-corrected chi connectivity index (χ1v) is 12.0. The lowest BCUT2D eigenvalue weighted by atomic mass is 9.68. The highest BCUT2D eigenvalue weighted by Crippen LogP contribution is 2.63. The summed E-state index contributed by atoms with van der Waals surface area (Å²) < 4.78 is 5.57. The summed E-state index contributed by atoms with van der Waals surface area (Å²) in [4.78, 5) is 12.8. The first-order chi connectivity index (χ1) is 15.1. The van der Waals surface area contributed by atoms with Crippen molar-refractivity contribution in [2.75, 3.05) is 18.5 Å².